The van der Waals surface area contributed by atoms with Gasteiger partial charge < -0.3 is 19.0 Å². The summed E-state index contributed by atoms with van der Waals surface area (Å²) >= 11 is 0. The Hall–Kier alpha value is -3.23. The van der Waals surface area contributed by atoms with E-state index in [0.29, 0.717) is 17.1 Å². The van der Waals surface area contributed by atoms with Crippen molar-refractivity contribution in [1.29, 1.82) is 0 Å². The van der Waals surface area contributed by atoms with Gasteiger partial charge in [-0.05, 0) is 30.3 Å². The average Bonchev–Trinajstić information content (AvgIpc) is 2.97. The molecule has 3 aromatic rings. The number of hydrogen-bond acceptors (Lipinski definition) is 4. The van der Waals surface area contributed by atoms with Crippen LogP contribution in [0.5, 0.6) is 11.5 Å². The van der Waals surface area contributed by atoms with Crippen molar-refractivity contribution in [2.24, 2.45) is 0 Å². The number of fused-ring (bicyclic) bond motifs is 1. The first-order valence-electron chi connectivity index (χ1n) is 7.77. The van der Waals surface area contributed by atoms with Crippen LogP contribution in [0.25, 0.3) is 16.9 Å². The quantitative estimate of drug-likeness (QED) is 0.731. The number of methoxy groups -OCH3 is 2. The molecule has 1 aromatic carbocycles. The van der Waals surface area contributed by atoms with E-state index >= 15 is 0 Å². The highest BCUT2D eigenvalue weighted by Crippen LogP contribution is 2.36. The molecule has 142 valence electrons. The Morgan fingerprint density at radius 3 is 2.52 bits per heavy atom. The number of ether oxygens (including phenoxy) is 2. The van der Waals surface area contributed by atoms with Crippen molar-refractivity contribution in [2.75, 3.05) is 14.2 Å². The SMILES string of the molecule is COc1ccc(OC)c(-c2nc3ccc(C(F)(F)F)cn3c2CC(=O)O)c1. The summed E-state index contributed by atoms with van der Waals surface area (Å²) < 4.78 is 50.8. The molecule has 0 saturated heterocycles. The summed E-state index contributed by atoms with van der Waals surface area (Å²) in [4.78, 5) is 15.7. The number of benzene rings is 1. The molecule has 0 amide bonds. The molecule has 0 aliphatic heterocycles. The Bertz CT molecular complexity index is 1010. The van der Waals surface area contributed by atoms with Gasteiger partial charge in [-0.3, -0.25) is 4.79 Å². The first kappa shape index (κ1) is 18.6. The molecule has 0 saturated carbocycles. The van der Waals surface area contributed by atoms with E-state index in [1.165, 1.54) is 20.3 Å². The van der Waals surface area contributed by atoms with Crippen LogP contribution in [0, 0.1) is 0 Å². The standard InChI is InChI=1S/C18H15F3N2O4/c1-26-11-4-5-14(27-2)12(7-11)17-13(8-16(24)25)23-9-10(18(19,20)21)3-6-15(23)22-17/h3-7,9H,8H2,1-2H3,(H,24,25). The minimum absolute atomic E-state index is 0.107. The number of hydrogen-bond donors (Lipinski definition) is 1. The van der Waals surface area contributed by atoms with E-state index in [0.717, 1.165) is 16.7 Å². The van der Waals surface area contributed by atoms with E-state index in [1.807, 2.05) is 0 Å². The van der Waals surface area contributed by atoms with Crippen LogP contribution in [0.4, 0.5) is 13.2 Å². The number of carbonyl (C=O) groups is 1. The normalized spacial score (nSPS) is 11.6. The number of carboxylic acid groups (broad SMARTS) is 1. The molecule has 0 bridgehead atoms. The van der Waals surface area contributed by atoms with Crippen LogP contribution in [0.1, 0.15) is 11.3 Å². The average molecular weight is 380 g/mol. The van der Waals surface area contributed by atoms with E-state index in [4.69, 9.17) is 9.47 Å². The number of alkyl halides is 3. The number of carboxylic acids is 1. The lowest BCUT2D eigenvalue weighted by Crippen LogP contribution is -2.09. The summed E-state index contributed by atoms with van der Waals surface area (Å²) in [5.41, 5.74) is 0.0373. The molecule has 0 aliphatic carbocycles. The molecule has 0 radical (unpaired) electrons. The molecule has 0 unspecified atom stereocenters. The van der Waals surface area contributed by atoms with Crippen molar-refractivity contribution in [3.63, 3.8) is 0 Å². The molecular formula is C18H15F3N2O4. The maximum absolute atomic E-state index is 13.1. The highest BCUT2D eigenvalue weighted by molar-refractivity contribution is 5.79. The number of nitrogens with zero attached hydrogens (tertiary/aromatic N) is 2. The Labute approximate surface area is 151 Å². The fourth-order valence-electron chi connectivity index (χ4n) is 2.79. The van der Waals surface area contributed by atoms with E-state index in [9.17, 15) is 23.1 Å². The van der Waals surface area contributed by atoms with Gasteiger partial charge in [0.25, 0.3) is 0 Å². The summed E-state index contributed by atoms with van der Waals surface area (Å²) in [5, 5.41) is 9.25. The van der Waals surface area contributed by atoms with Gasteiger partial charge in [-0.25, -0.2) is 4.98 Å². The van der Waals surface area contributed by atoms with E-state index in [1.54, 1.807) is 18.2 Å². The predicted molar refractivity (Wildman–Crippen MR) is 90.1 cm³/mol. The summed E-state index contributed by atoms with van der Waals surface area (Å²) in [5.74, 6) is -0.334. The van der Waals surface area contributed by atoms with Crippen LogP contribution in [-0.4, -0.2) is 34.7 Å². The first-order valence-corrected chi connectivity index (χ1v) is 7.77. The molecule has 6 nitrogen and oxygen atoms in total. The fourth-order valence-corrected chi connectivity index (χ4v) is 2.79. The monoisotopic (exact) mass is 380 g/mol. The van der Waals surface area contributed by atoms with Gasteiger partial charge in [0.2, 0.25) is 0 Å². The molecule has 0 spiro atoms. The molecule has 3 rings (SSSR count). The van der Waals surface area contributed by atoms with Crippen molar-refractivity contribution < 1.29 is 32.5 Å². The molecule has 0 aliphatic rings. The second-order valence-corrected chi connectivity index (χ2v) is 5.69. The topological polar surface area (TPSA) is 73.1 Å². The molecule has 0 fully saturated rings. The minimum atomic E-state index is -4.56. The number of rotatable bonds is 5. The van der Waals surface area contributed by atoms with Gasteiger partial charge in [-0.2, -0.15) is 13.2 Å². The van der Waals surface area contributed by atoms with Gasteiger partial charge in [0.05, 0.1) is 37.6 Å². The third-order valence-corrected chi connectivity index (χ3v) is 4.03. The van der Waals surface area contributed by atoms with Crippen LogP contribution in [0.2, 0.25) is 0 Å². The third kappa shape index (κ3) is 3.53. The van der Waals surface area contributed by atoms with Crippen LogP contribution in [-0.2, 0) is 17.4 Å². The smallest absolute Gasteiger partial charge is 0.417 e. The Morgan fingerprint density at radius 2 is 1.93 bits per heavy atom. The highest BCUT2D eigenvalue weighted by Gasteiger charge is 2.31. The number of aromatic nitrogens is 2. The minimum Gasteiger partial charge on any atom is -0.497 e. The second kappa shape index (κ2) is 6.82. The number of imidazole rings is 1. The number of aliphatic carboxylic acids is 1. The molecule has 9 heteroatoms. The Kier molecular flexibility index (Phi) is 4.69. The van der Waals surface area contributed by atoms with Crippen molar-refractivity contribution in [1.82, 2.24) is 9.38 Å². The lowest BCUT2D eigenvalue weighted by molar-refractivity contribution is -0.138. The van der Waals surface area contributed by atoms with Gasteiger partial charge in [-0.15, -0.1) is 0 Å². The summed E-state index contributed by atoms with van der Waals surface area (Å²) in [6.07, 6.45) is -4.23. The van der Waals surface area contributed by atoms with Crippen molar-refractivity contribution in [3.8, 4) is 22.8 Å². The first-order chi connectivity index (χ1) is 12.7. The van der Waals surface area contributed by atoms with Gasteiger partial charge >= 0.3 is 12.1 Å². The molecule has 0 atom stereocenters. The van der Waals surface area contributed by atoms with Crippen molar-refractivity contribution >= 4 is 11.6 Å². The van der Waals surface area contributed by atoms with Crippen molar-refractivity contribution in [2.45, 2.75) is 12.6 Å². The summed E-state index contributed by atoms with van der Waals surface area (Å²) in [7, 11) is 2.89. The molecular weight excluding hydrogens is 365 g/mol. The van der Waals surface area contributed by atoms with Crippen LogP contribution >= 0.6 is 0 Å². The molecule has 2 heterocycles. The van der Waals surface area contributed by atoms with E-state index in [2.05, 4.69) is 4.98 Å². The lowest BCUT2D eigenvalue weighted by Gasteiger charge is -2.11. The lowest BCUT2D eigenvalue weighted by atomic mass is 10.1. The predicted octanol–water partition coefficient (Wildman–Crippen LogP) is 3.66. The maximum Gasteiger partial charge on any atom is 0.417 e. The Morgan fingerprint density at radius 1 is 1.19 bits per heavy atom. The van der Waals surface area contributed by atoms with Crippen LogP contribution in [0.3, 0.4) is 0 Å². The van der Waals surface area contributed by atoms with E-state index < -0.39 is 24.1 Å². The maximum atomic E-state index is 13.1. The van der Waals surface area contributed by atoms with Crippen molar-refractivity contribution in [3.05, 3.63) is 47.8 Å². The van der Waals surface area contributed by atoms with Crippen LogP contribution in [0.15, 0.2) is 36.5 Å². The van der Waals surface area contributed by atoms with Gasteiger partial charge in [0.15, 0.2) is 0 Å². The number of pyridine rings is 1. The van der Waals surface area contributed by atoms with Gasteiger partial charge in [-0.1, -0.05) is 0 Å². The number of halogens is 3. The zero-order chi connectivity index (χ0) is 19.8. The third-order valence-electron chi connectivity index (χ3n) is 4.03. The highest BCUT2D eigenvalue weighted by atomic mass is 19.4. The second-order valence-electron chi connectivity index (χ2n) is 5.69. The largest absolute Gasteiger partial charge is 0.497 e. The van der Waals surface area contributed by atoms with Gasteiger partial charge in [0, 0.05) is 11.8 Å². The molecule has 1 N–H and O–H groups in total. The fraction of sp³-hybridized carbons (Fsp3) is 0.222. The zero-order valence-corrected chi connectivity index (χ0v) is 14.4. The van der Waals surface area contributed by atoms with E-state index in [-0.39, 0.29) is 17.0 Å². The molecule has 27 heavy (non-hydrogen) atoms. The summed E-state index contributed by atoms with van der Waals surface area (Å²) in [6, 6.07) is 6.96. The van der Waals surface area contributed by atoms with Gasteiger partial charge in [0.1, 0.15) is 17.1 Å². The Balaban J connectivity index is 2.31. The summed E-state index contributed by atoms with van der Waals surface area (Å²) in [6.45, 7) is 0. The zero-order valence-electron chi connectivity index (χ0n) is 14.4. The van der Waals surface area contributed by atoms with Crippen LogP contribution < -0.4 is 9.47 Å². The molecule has 2 aromatic heterocycles.